The predicted molar refractivity (Wildman–Crippen MR) is 52.2 cm³/mol. The fourth-order valence-corrected chi connectivity index (χ4v) is 0.759. The van der Waals surface area contributed by atoms with Crippen LogP contribution in [0.3, 0.4) is 0 Å². The van der Waals surface area contributed by atoms with Crippen molar-refractivity contribution in [3.8, 4) is 0 Å². The van der Waals surface area contributed by atoms with Crippen LogP contribution in [0.5, 0.6) is 0 Å². The van der Waals surface area contributed by atoms with Crippen molar-refractivity contribution < 1.29 is 19.5 Å². The molecule has 0 aliphatic rings. The highest BCUT2D eigenvalue weighted by Gasteiger charge is 2.06. The number of aliphatic carboxylic acids is 1. The van der Waals surface area contributed by atoms with Gasteiger partial charge in [-0.25, -0.2) is 0 Å². The highest BCUT2D eigenvalue weighted by atomic mass is 16.4. The number of carbonyl (C=O) groups excluding carboxylic acids is 2. The molecule has 0 aromatic rings. The molecule has 0 aliphatic heterocycles. The molecule has 7 nitrogen and oxygen atoms in total. The van der Waals surface area contributed by atoms with Crippen molar-refractivity contribution in [2.45, 2.75) is 0 Å². The van der Waals surface area contributed by atoms with Crippen molar-refractivity contribution >= 4 is 17.8 Å². The van der Waals surface area contributed by atoms with Gasteiger partial charge in [-0.05, 0) is 14.1 Å². The third-order valence-corrected chi connectivity index (χ3v) is 1.34. The van der Waals surface area contributed by atoms with E-state index in [2.05, 4.69) is 10.6 Å². The number of nitrogens with zero attached hydrogens (tertiary/aromatic N) is 1. The van der Waals surface area contributed by atoms with Crippen molar-refractivity contribution in [3.05, 3.63) is 0 Å². The van der Waals surface area contributed by atoms with Crippen molar-refractivity contribution in [1.82, 2.24) is 15.5 Å². The van der Waals surface area contributed by atoms with Crippen LogP contribution in [0.15, 0.2) is 0 Å². The Morgan fingerprint density at radius 2 is 1.60 bits per heavy atom. The molecule has 0 heterocycles. The second-order valence-corrected chi connectivity index (χ2v) is 3.18. The molecule has 3 N–H and O–H groups in total. The summed E-state index contributed by atoms with van der Waals surface area (Å²) in [6.45, 7) is -0.464. The number of nitrogens with one attached hydrogen (secondary N) is 2. The normalized spacial score (nSPS) is 9.80. The van der Waals surface area contributed by atoms with Crippen LogP contribution in [0, 0.1) is 0 Å². The molecule has 7 heteroatoms. The Morgan fingerprint density at radius 1 is 1.07 bits per heavy atom. The largest absolute Gasteiger partial charge is 0.480 e. The molecule has 0 saturated carbocycles. The van der Waals surface area contributed by atoms with Crippen LogP contribution in [0.2, 0.25) is 0 Å². The van der Waals surface area contributed by atoms with Crippen LogP contribution in [-0.2, 0) is 14.4 Å². The maximum Gasteiger partial charge on any atom is 0.322 e. The van der Waals surface area contributed by atoms with E-state index in [1.807, 2.05) is 0 Å². The molecule has 0 saturated heterocycles. The van der Waals surface area contributed by atoms with E-state index in [0.717, 1.165) is 0 Å². The Morgan fingerprint density at radius 3 is 2.07 bits per heavy atom. The van der Waals surface area contributed by atoms with E-state index in [1.165, 1.54) is 0 Å². The maximum absolute atomic E-state index is 11.0. The molecule has 0 aromatic carbocycles. The first-order chi connectivity index (χ1) is 6.91. The van der Waals surface area contributed by atoms with E-state index in [9.17, 15) is 14.4 Å². The summed E-state index contributed by atoms with van der Waals surface area (Å²) < 4.78 is 0. The zero-order valence-electron chi connectivity index (χ0n) is 8.74. The fraction of sp³-hybridized carbons (Fsp3) is 0.625. The van der Waals surface area contributed by atoms with E-state index < -0.39 is 18.4 Å². The molecule has 0 unspecified atom stereocenters. The molecule has 0 rings (SSSR count). The Labute approximate surface area is 87.4 Å². The third kappa shape index (κ3) is 8.69. The zero-order valence-corrected chi connectivity index (χ0v) is 8.74. The van der Waals surface area contributed by atoms with Crippen LogP contribution in [0.4, 0.5) is 0 Å². The summed E-state index contributed by atoms with van der Waals surface area (Å²) in [7, 11) is 3.45. The number of carbonyl (C=O) groups is 3. The van der Waals surface area contributed by atoms with Gasteiger partial charge in [0, 0.05) is 0 Å². The number of amides is 2. The van der Waals surface area contributed by atoms with Gasteiger partial charge in [-0.1, -0.05) is 0 Å². The summed E-state index contributed by atoms with van der Waals surface area (Å²) in [6.07, 6.45) is 0. The van der Waals surface area contributed by atoms with Gasteiger partial charge in [0.2, 0.25) is 11.8 Å². The van der Waals surface area contributed by atoms with E-state index >= 15 is 0 Å². The molecule has 0 bridgehead atoms. The van der Waals surface area contributed by atoms with Crippen molar-refractivity contribution in [2.75, 3.05) is 33.7 Å². The van der Waals surface area contributed by atoms with E-state index in [1.54, 1.807) is 19.0 Å². The Hall–Kier alpha value is -1.63. The van der Waals surface area contributed by atoms with E-state index in [4.69, 9.17) is 5.11 Å². The lowest BCUT2D eigenvalue weighted by Crippen LogP contribution is -2.41. The van der Waals surface area contributed by atoms with Gasteiger partial charge in [0.15, 0.2) is 0 Å². The van der Waals surface area contributed by atoms with Crippen LogP contribution in [0.1, 0.15) is 0 Å². The summed E-state index contributed by atoms with van der Waals surface area (Å²) in [6, 6.07) is 0. The van der Waals surface area contributed by atoms with Gasteiger partial charge in [0.1, 0.15) is 6.54 Å². The summed E-state index contributed by atoms with van der Waals surface area (Å²) in [5, 5.41) is 12.7. The minimum atomic E-state index is -1.12. The first-order valence-electron chi connectivity index (χ1n) is 4.31. The SMILES string of the molecule is CN(C)CC(=O)NCC(=O)NCC(=O)O. The Kier molecular flexibility index (Phi) is 6.03. The smallest absolute Gasteiger partial charge is 0.322 e. The first kappa shape index (κ1) is 13.4. The number of hydrogen-bond donors (Lipinski definition) is 3. The van der Waals surface area contributed by atoms with Crippen LogP contribution >= 0.6 is 0 Å². The van der Waals surface area contributed by atoms with Crippen molar-refractivity contribution in [1.29, 1.82) is 0 Å². The van der Waals surface area contributed by atoms with Gasteiger partial charge in [-0.15, -0.1) is 0 Å². The highest BCUT2D eigenvalue weighted by molar-refractivity contribution is 5.87. The standard InChI is InChI=1S/C8H15N3O4/c1-11(2)5-7(13)9-3-6(12)10-4-8(14)15/h3-5H2,1-2H3,(H,9,13)(H,10,12)(H,14,15). The lowest BCUT2D eigenvalue weighted by Gasteiger charge is -2.09. The molecule has 0 aromatic heterocycles. The van der Waals surface area contributed by atoms with Crippen molar-refractivity contribution in [2.24, 2.45) is 0 Å². The molecule has 0 aliphatic carbocycles. The highest BCUT2D eigenvalue weighted by Crippen LogP contribution is 1.74. The average Bonchev–Trinajstić information content (AvgIpc) is 2.10. The number of rotatable bonds is 6. The minimum absolute atomic E-state index is 0.187. The first-order valence-corrected chi connectivity index (χ1v) is 4.31. The molecular formula is C8H15N3O4. The van der Waals surface area contributed by atoms with Crippen LogP contribution in [-0.4, -0.2) is 61.5 Å². The third-order valence-electron chi connectivity index (χ3n) is 1.34. The second-order valence-electron chi connectivity index (χ2n) is 3.18. The number of likely N-dealkylation sites (N-methyl/N-ethyl adjacent to an activating group) is 1. The van der Waals surface area contributed by atoms with Gasteiger partial charge in [-0.3, -0.25) is 14.4 Å². The summed E-state index contributed by atoms with van der Waals surface area (Å²) in [5.74, 6) is -1.93. The second kappa shape index (κ2) is 6.77. The molecule has 0 atom stereocenters. The molecular weight excluding hydrogens is 202 g/mol. The van der Waals surface area contributed by atoms with Crippen LogP contribution < -0.4 is 10.6 Å². The van der Waals surface area contributed by atoms with Gasteiger partial charge in [0.25, 0.3) is 0 Å². The number of hydrogen-bond acceptors (Lipinski definition) is 4. The van der Waals surface area contributed by atoms with Gasteiger partial charge in [-0.2, -0.15) is 0 Å². The molecule has 0 spiro atoms. The fourth-order valence-electron chi connectivity index (χ4n) is 0.759. The van der Waals surface area contributed by atoms with E-state index in [0.29, 0.717) is 0 Å². The van der Waals surface area contributed by atoms with Gasteiger partial charge < -0.3 is 20.6 Å². The lowest BCUT2D eigenvalue weighted by molar-refractivity contribution is -0.137. The zero-order chi connectivity index (χ0) is 11.8. The molecule has 15 heavy (non-hydrogen) atoms. The monoisotopic (exact) mass is 217 g/mol. The number of carboxylic acid groups (broad SMARTS) is 1. The summed E-state index contributed by atoms with van der Waals surface area (Å²) in [5.41, 5.74) is 0. The predicted octanol–water partition coefficient (Wildman–Crippen LogP) is -2.13. The molecule has 86 valence electrons. The van der Waals surface area contributed by atoms with Gasteiger partial charge >= 0.3 is 5.97 Å². The van der Waals surface area contributed by atoms with Gasteiger partial charge in [0.05, 0.1) is 13.1 Å². The summed E-state index contributed by atoms with van der Waals surface area (Å²) >= 11 is 0. The molecule has 0 radical (unpaired) electrons. The van der Waals surface area contributed by atoms with Crippen molar-refractivity contribution in [3.63, 3.8) is 0 Å². The molecule has 0 fully saturated rings. The Balaban J connectivity index is 3.62. The maximum atomic E-state index is 11.0. The average molecular weight is 217 g/mol. The number of carboxylic acids is 1. The topological polar surface area (TPSA) is 98.7 Å². The minimum Gasteiger partial charge on any atom is -0.480 e. The van der Waals surface area contributed by atoms with Crippen LogP contribution in [0.25, 0.3) is 0 Å². The van der Waals surface area contributed by atoms with E-state index in [-0.39, 0.29) is 19.0 Å². The Bertz CT molecular complexity index is 252. The summed E-state index contributed by atoms with van der Waals surface area (Å²) in [4.78, 5) is 33.7. The molecule has 2 amide bonds. The lowest BCUT2D eigenvalue weighted by atomic mass is 10.5. The quantitative estimate of drug-likeness (QED) is 0.472.